The van der Waals surface area contributed by atoms with Crippen LogP contribution in [0.3, 0.4) is 0 Å². The Morgan fingerprint density at radius 2 is 1.95 bits per heavy atom. The monoisotopic (exact) mass is 333 g/mol. The summed E-state index contributed by atoms with van der Waals surface area (Å²) in [7, 11) is -3.86. The highest BCUT2D eigenvalue weighted by Gasteiger charge is 2.28. The van der Waals surface area contributed by atoms with Crippen LogP contribution in [0.5, 0.6) is 0 Å². The third-order valence-electron chi connectivity index (χ3n) is 3.40. The van der Waals surface area contributed by atoms with Gasteiger partial charge in [0.25, 0.3) is 10.0 Å². The van der Waals surface area contributed by atoms with E-state index < -0.39 is 20.9 Å². The summed E-state index contributed by atoms with van der Waals surface area (Å²) in [6.45, 7) is 4.38. The summed E-state index contributed by atoms with van der Waals surface area (Å²) in [5, 5.41) is 0. The summed E-state index contributed by atoms with van der Waals surface area (Å²) < 4.78 is 26.8. The van der Waals surface area contributed by atoms with Crippen LogP contribution >= 0.6 is 11.3 Å². The van der Waals surface area contributed by atoms with Crippen LogP contribution in [0.1, 0.15) is 31.9 Å². The lowest BCUT2D eigenvalue weighted by Crippen LogP contribution is -2.48. The van der Waals surface area contributed by atoms with Gasteiger partial charge >= 0.3 is 4.87 Å². The fourth-order valence-electron chi connectivity index (χ4n) is 2.37. The third-order valence-corrected chi connectivity index (χ3v) is 6.54. The molecular formula is C12H19N3O4S2. The Kier molecular flexibility index (Phi) is 4.84. The number of H-pyrrole nitrogens is 1. The van der Waals surface area contributed by atoms with E-state index in [9.17, 15) is 18.0 Å². The molecule has 1 aromatic heterocycles. The SMILES string of the molecule is Cc1[nH]c(=O)sc1S(=O)(=O)NC(C)C(=O)N1CCCCC1. The zero-order chi connectivity index (χ0) is 15.6. The number of carbonyl (C=O) groups is 1. The van der Waals surface area contributed by atoms with E-state index in [1.807, 2.05) is 0 Å². The predicted molar refractivity (Wildman–Crippen MR) is 79.9 cm³/mol. The highest BCUT2D eigenvalue weighted by Crippen LogP contribution is 2.17. The number of aromatic amines is 1. The predicted octanol–water partition coefficient (Wildman–Crippen LogP) is 0.424. The first-order chi connectivity index (χ1) is 9.81. The molecule has 1 aromatic rings. The van der Waals surface area contributed by atoms with Gasteiger partial charge in [-0.25, -0.2) is 8.42 Å². The molecule has 9 heteroatoms. The first-order valence-electron chi connectivity index (χ1n) is 6.82. The molecule has 2 heterocycles. The minimum atomic E-state index is -3.86. The molecule has 1 amide bonds. The summed E-state index contributed by atoms with van der Waals surface area (Å²) in [6, 6.07) is -0.843. The molecule has 0 radical (unpaired) electrons. The van der Waals surface area contributed by atoms with Gasteiger partial charge in [0.15, 0.2) is 4.21 Å². The Morgan fingerprint density at radius 1 is 1.33 bits per heavy atom. The van der Waals surface area contributed by atoms with Crippen molar-refractivity contribution in [2.24, 2.45) is 0 Å². The third kappa shape index (κ3) is 3.72. The number of sulfonamides is 1. The smallest absolute Gasteiger partial charge is 0.305 e. The van der Waals surface area contributed by atoms with Gasteiger partial charge in [-0.15, -0.1) is 0 Å². The first kappa shape index (κ1) is 16.2. The highest BCUT2D eigenvalue weighted by molar-refractivity contribution is 7.91. The fourth-order valence-corrected chi connectivity index (χ4v) is 4.89. The molecule has 2 rings (SSSR count). The van der Waals surface area contributed by atoms with Crippen molar-refractivity contribution in [1.29, 1.82) is 0 Å². The van der Waals surface area contributed by atoms with E-state index in [0.29, 0.717) is 24.4 Å². The van der Waals surface area contributed by atoms with Crippen molar-refractivity contribution in [3.05, 3.63) is 15.4 Å². The Morgan fingerprint density at radius 3 is 2.48 bits per heavy atom. The molecule has 118 valence electrons. The van der Waals surface area contributed by atoms with Gasteiger partial charge in [0.05, 0.1) is 6.04 Å². The molecule has 1 aliphatic heterocycles. The van der Waals surface area contributed by atoms with Gasteiger partial charge < -0.3 is 9.88 Å². The van der Waals surface area contributed by atoms with Crippen LogP contribution in [-0.4, -0.2) is 43.3 Å². The van der Waals surface area contributed by atoms with Crippen LogP contribution in [0.25, 0.3) is 0 Å². The maximum absolute atomic E-state index is 12.2. The Bertz CT molecular complexity index is 671. The average molecular weight is 333 g/mol. The second kappa shape index (κ2) is 6.29. The first-order valence-corrected chi connectivity index (χ1v) is 9.12. The Balaban J connectivity index is 2.10. The number of aromatic nitrogens is 1. The normalized spacial score (nSPS) is 17.7. The molecule has 0 spiro atoms. The lowest BCUT2D eigenvalue weighted by molar-refractivity contribution is -0.133. The van der Waals surface area contributed by atoms with E-state index in [1.165, 1.54) is 13.8 Å². The number of aryl methyl sites for hydroxylation is 1. The van der Waals surface area contributed by atoms with Crippen molar-refractivity contribution < 1.29 is 13.2 Å². The molecule has 0 aromatic carbocycles. The second-order valence-electron chi connectivity index (χ2n) is 5.16. The van der Waals surface area contributed by atoms with Crippen molar-refractivity contribution >= 4 is 27.3 Å². The molecule has 21 heavy (non-hydrogen) atoms. The van der Waals surface area contributed by atoms with Gasteiger partial charge in [0, 0.05) is 18.8 Å². The molecule has 1 aliphatic rings. The number of rotatable bonds is 4. The number of likely N-dealkylation sites (tertiary alicyclic amines) is 1. The maximum Gasteiger partial charge on any atom is 0.305 e. The molecule has 1 saturated heterocycles. The van der Waals surface area contributed by atoms with Crippen LogP contribution in [0.15, 0.2) is 9.00 Å². The lowest BCUT2D eigenvalue weighted by Gasteiger charge is -2.29. The van der Waals surface area contributed by atoms with E-state index in [-0.39, 0.29) is 15.8 Å². The maximum atomic E-state index is 12.2. The number of thiazole rings is 1. The number of hydrogen-bond acceptors (Lipinski definition) is 5. The number of nitrogens with zero attached hydrogens (tertiary/aromatic N) is 1. The number of carbonyl (C=O) groups excluding carboxylic acids is 1. The molecule has 0 bridgehead atoms. The van der Waals surface area contributed by atoms with Gasteiger partial charge in [0.2, 0.25) is 5.91 Å². The quantitative estimate of drug-likeness (QED) is 0.834. The number of nitrogens with one attached hydrogen (secondary N) is 2. The van der Waals surface area contributed by atoms with Crippen LogP contribution in [0.4, 0.5) is 0 Å². The zero-order valence-corrected chi connectivity index (χ0v) is 13.6. The Labute approximate surface area is 127 Å². The number of amides is 1. The van der Waals surface area contributed by atoms with Gasteiger partial charge in [0.1, 0.15) is 0 Å². The standard InChI is InChI=1S/C12H19N3O4S2/c1-8(10(16)15-6-4-3-5-7-15)14-21(18,19)11-9(2)13-12(17)20-11/h8,14H,3-7H2,1-2H3,(H,13,17). The molecule has 2 N–H and O–H groups in total. The summed E-state index contributed by atoms with van der Waals surface area (Å²) in [5.74, 6) is -0.223. The summed E-state index contributed by atoms with van der Waals surface area (Å²) in [5.41, 5.74) is 0.287. The molecular weight excluding hydrogens is 314 g/mol. The number of hydrogen-bond donors (Lipinski definition) is 2. The van der Waals surface area contributed by atoms with E-state index in [1.54, 1.807) is 4.90 Å². The van der Waals surface area contributed by atoms with Crippen molar-refractivity contribution in [3.8, 4) is 0 Å². The average Bonchev–Trinajstić information content (AvgIpc) is 2.78. The van der Waals surface area contributed by atoms with Gasteiger partial charge in [-0.2, -0.15) is 4.72 Å². The topological polar surface area (TPSA) is 99.3 Å². The molecule has 7 nitrogen and oxygen atoms in total. The fraction of sp³-hybridized carbons (Fsp3) is 0.667. The van der Waals surface area contributed by atoms with E-state index >= 15 is 0 Å². The summed E-state index contributed by atoms with van der Waals surface area (Å²) >= 11 is 0.624. The van der Waals surface area contributed by atoms with E-state index in [0.717, 1.165) is 19.3 Å². The van der Waals surface area contributed by atoms with Gasteiger partial charge in [-0.1, -0.05) is 11.3 Å². The van der Waals surface area contributed by atoms with Crippen LogP contribution in [0.2, 0.25) is 0 Å². The van der Waals surface area contributed by atoms with Gasteiger partial charge in [-0.3, -0.25) is 9.59 Å². The molecule has 0 aliphatic carbocycles. The van der Waals surface area contributed by atoms with Crippen LogP contribution < -0.4 is 9.60 Å². The second-order valence-corrected chi connectivity index (χ2v) is 8.05. The molecule has 1 unspecified atom stereocenters. The molecule has 1 fully saturated rings. The van der Waals surface area contributed by atoms with Crippen molar-refractivity contribution in [2.45, 2.75) is 43.4 Å². The molecule has 1 atom stereocenters. The largest absolute Gasteiger partial charge is 0.341 e. The highest BCUT2D eigenvalue weighted by atomic mass is 32.2. The van der Waals surface area contributed by atoms with Crippen molar-refractivity contribution in [3.63, 3.8) is 0 Å². The number of piperidine rings is 1. The summed E-state index contributed by atoms with van der Waals surface area (Å²) in [6.07, 6.45) is 2.99. The van der Waals surface area contributed by atoms with Crippen molar-refractivity contribution in [2.75, 3.05) is 13.1 Å². The zero-order valence-electron chi connectivity index (χ0n) is 12.0. The lowest BCUT2D eigenvalue weighted by atomic mass is 10.1. The van der Waals surface area contributed by atoms with E-state index in [4.69, 9.17) is 0 Å². The minimum Gasteiger partial charge on any atom is -0.341 e. The van der Waals surface area contributed by atoms with E-state index in [2.05, 4.69) is 9.71 Å². The Hall–Kier alpha value is -1.19. The molecule has 0 saturated carbocycles. The minimum absolute atomic E-state index is 0.0641. The van der Waals surface area contributed by atoms with Gasteiger partial charge in [-0.05, 0) is 33.1 Å². The van der Waals surface area contributed by atoms with Crippen LogP contribution in [-0.2, 0) is 14.8 Å². The van der Waals surface area contributed by atoms with Crippen molar-refractivity contribution in [1.82, 2.24) is 14.6 Å². The summed E-state index contributed by atoms with van der Waals surface area (Å²) in [4.78, 5) is 27.1. The van der Waals surface area contributed by atoms with Crippen LogP contribution in [0, 0.1) is 6.92 Å².